The van der Waals surface area contributed by atoms with Gasteiger partial charge >= 0.3 is 23.9 Å². The Labute approximate surface area is 162 Å². The van der Waals surface area contributed by atoms with Crippen molar-refractivity contribution in [2.45, 2.75) is 39.5 Å². The molecule has 148 valence electrons. The molecule has 2 atom stereocenters. The van der Waals surface area contributed by atoms with Crippen LogP contribution in [0.2, 0.25) is 0 Å². The summed E-state index contributed by atoms with van der Waals surface area (Å²) in [5.74, 6) is -2.96. The van der Waals surface area contributed by atoms with E-state index < -0.39 is 36.1 Å². The maximum atomic E-state index is 11.0. The molecule has 1 heterocycles. The summed E-state index contributed by atoms with van der Waals surface area (Å²) in [5.41, 5.74) is 2.61. The smallest absolute Gasteiger partial charge is 0.359 e. The molecule has 0 aliphatic carbocycles. The Morgan fingerprint density at radius 2 is 1.52 bits per heavy atom. The number of cyclic esters (lactones) is 2. The Morgan fingerprint density at radius 1 is 1.04 bits per heavy atom. The van der Waals surface area contributed by atoms with E-state index in [1.807, 2.05) is 0 Å². The lowest BCUT2D eigenvalue weighted by atomic mass is 10.1. The number of carbonyl (C=O) groups excluding carboxylic acids is 4. The molecule has 1 aromatic rings. The van der Waals surface area contributed by atoms with E-state index >= 15 is 0 Å². The molecule has 9 heteroatoms. The molecule has 0 unspecified atom stereocenters. The van der Waals surface area contributed by atoms with Gasteiger partial charge in [0, 0.05) is 32.8 Å². The largest absolute Gasteiger partial charge is 0.446 e. The number of nitrogens with one attached hydrogen (secondary N) is 1. The van der Waals surface area contributed by atoms with Crippen LogP contribution in [-0.2, 0) is 39.9 Å². The summed E-state index contributed by atoms with van der Waals surface area (Å²) >= 11 is 5.53. The SMILES string of the molecule is CC(=O)O[C@H]1C(=O)OC(=O)[C@@H]1OC(C)=O.Cc1ccc(CNCCCl)cc1. The van der Waals surface area contributed by atoms with Crippen molar-refractivity contribution >= 4 is 35.5 Å². The fraction of sp³-hybridized carbons (Fsp3) is 0.444. The Bertz CT molecular complexity index is 643. The van der Waals surface area contributed by atoms with Crippen LogP contribution in [0, 0.1) is 6.92 Å². The Kier molecular flexibility index (Phi) is 9.46. The summed E-state index contributed by atoms with van der Waals surface area (Å²) in [5, 5.41) is 3.24. The first kappa shape index (κ1) is 22.6. The lowest BCUT2D eigenvalue weighted by molar-refractivity contribution is -0.167. The third-order valence-electron chi connectivity index (χ3n) is 3.25. The molecule has 0 spiro atoms. The zero-order chi connectivity index (χ0) is 20.4. The highest BCUT2D eigenvalue weighted by Gasteiger charge is 2.49. The first-order chi connectivity index (χ1) is 12.7. The Morgan fingerprint density at radius 3 is 1.93 bits per heavy atom. The molecule has 1 saturated heterocycles. The van der Waals surface area contributed by atoms with E-state index in [1.54, 1.807) is 0 Å². The minimum absolute atomic E-state index is 0.672. The maximum Gasteiger partial charge on any atom is 0.359 e. The molecular formula is C18H22ClNO7. The number of rotatable bonds is 6. The second kappa shape index (κ2) is 11.3. The second-order valence-corrected chi connectivity index (χ2v) is 6.03. The lowest BCUT2D eigenvalue weighted by Crippen LogP contribution is -2.36. The minimum Gasteiger partial charge on any atom is -0.446 e. The molecule has 0 radical (unpaired) electrons. The molecule has 8 nitrogen and oxygen atoms in total. The topological polar surface area (TPSA) is 108 Å². The van der Waals surface area contributed by atoms with Crippen LogP contribution in [0.5, 0.6) is 0 Å². The van der Waals surface area contributed by atoms with Gasteiger partial charge in [-0.1, -0.05) is 29.8 Å². The van der Waals surface area contributed by atoms with Crippen LogP contribution in [-0.4, -0.2) is 48.5 Å². The van der Waals surface area contributed by atoms with Gasteiger partial charge in [0.25, 0.3) is 0 Å². The zero-order valence-electron chi connectivity index (χ0n) is 15.3. The fourth-order valence-corrected chi connectivity index (χ4v) is 2.18. The van der Waals surface area contributed by atoms with E-state index in [0.717, 1.165) is 26.9 Å². The number of carbonyl (C=O) groups is 4. The molecular weight excluding hydrogens is 378 g/mol. The summed E-state index contributed by atoms with van der Waals surface area (Å²) in [4.78, 5) is 43.2. The molecule has 0 amide bonds. The monoisotopic (exact) mass is 399 g/mol. The molecule has 27 heavy (non-hydrogen) atoms. The van der Waals surface area contributed by atoms with Gasteiger partial charge in [0.15, 0.2) is 0 Å². The molecule has 1 N–H and O–H groups in total. The lowest BCUT2D eigenvalue weighted by Gasteiger charge is -2.12. The van der Waals surface area contributed by atoms with E-state index in [-0.39, 0.29) is 0 Å². The van der Waals surface area contributed by atoms with Crippen LogP contribution in [0.25, 0.3) is 0 Å². The molecule has 2 rings (SSSR count). The predicted octanol–water partition coefficient (Wildman–Crippen LogP) is 1.26. The molecule has 1 aliphatic rings. The van der Waals surface area contributed by atoms with Gasteiger partial charge in [-0.05, 0) is 12.5 Å². The Balaban J connectivity index is 0.000000277. The molecule has 0 aromatic heterocycles. The number of benzene rings is 1. The summed E-state index contributed by atoms with van der Waals surface area (Å²) in [6.07, 6.45) is -3.00. The molecule has 0 bridgehead atoms. The van der Waals surface area contributed by atoms with E-state index in [9.17, 15) is 19.2 Å². The van der Waals surface area contributed by atoms with Crippen molar-refractivity contribution in [3.05, 3.63) is 35.4 Å². The maximum absolute atomic E-state index is 11.0. The molecule has 0 saturated carbocycles. The third-order valence-corrected chi connectivity index (χ3v) is 3.44. The number of alkyl halides is 1. The van der Waals surface area contributed by atoms with Gasteiger partial charge in [0.05, 0.1) is 0 Å². The molecule has 1 aliphatic heterocycles. The number of hydrogen-bond acceptors (Lipinski definition) is 8. The van der Waals surface area contributed by atoms with Gasteiger partial charge in [-0.15, -0.1) is 11.6 Å². The standard InChI is InChI=1S/C10H14ClN.C8H8O7/c1-9-2-4-10(5-3-9)8-12-7-6-11;1-3(9)13-5-6(14-4(2)10)8(12)15-7(5)11/h2-5,12H,6-8H2,1H3;5-6H,1-2H3/t;5-,6-/m.1/s1. The van der Waals surface area contributed by atoms with Crippen LogP contribution in [0.3, 0.4) is 0 Å². The van der Waals surface area contributed by atoms with Crippen LogP contribution in [0.15, 0.2) is 24.3 Å². The number of halogens is 1. The first-order valence-corrected chi connectivity index (χ1v) is 8.70. The molecule has 1 aromatic carbocycles. The minimum atomic E-state index is -1.50. The van der Waals surface area contributed by atoms with Crippen LogP contribution in [0.1, 0.15) is 25.0 Å². The van der Waals surface area contributed by atoms with E-state index in [2.05, 4.69) is 50.7 Å². The normalized spacial score (nSPS) is 18.2. The van der Waals surface area contributed by atoms with Crippen molar-refractivity contribution in [1.29, 1.82) is 0 Å². The quantitative estimate of drug-likeness (QED) is 0.250. The van der Waals surface area contributed by atoms with Gasteiger partial charge in [-0.2, -0.15) is 0 Å². The Hall–Kier alpha value is -2.45. The van der Waals surface area contributed by atoms with E-state index in [4.69, 9.17) is 11.6 Å². The summed E-state index contributed by atoms with van der Waals surface area (Å²) in [6.45, 7) is 5.99. The average molecular weight is 400 g/mol. The predicted molar refractivity (Wildman–Crippen MR) is 95.8 cm³/mol. The van der Waals surface area contributed by atoms with E-state index in [0.29, 0.717) is 5.88 Å². The second-order valence-electron chi connectivity index (χ2n) is 5.65. The van der Waals surface area contributed by atoms with Gasteiger partial charge in [0.2, 0.25) is 12.2 Å². The summed E-state index contributed by atoms with van der Waals surface area (Å²) < 4.78 is 13.1. The van der Waals surface area contributed by atoms with Crippen molar-refractivity contribution in [3.63, 3.8) is 0 Å². The summed E-state index contributed by atoms with van der Waals surface area (Å²) in [6, 6.07) is 8.52. The van der Waals surface area contributed by atoms with Crippen molar-refractivity contribution in [1.82, 2.24) is 5.32 Å². The average Bonchev–Trinajstić information content (AvgIpc) is 2.83. The number of ether oxygens (including phenoxy) is 3. The highest BCUT2D eigenvalue weighted by Crippen LogP contribution is 2.17. The number of hydrogen-bond donors (Lipinski definition) is 1. The van der Waals surface area contributed by atoms with Gasteiger partial charge in [0.1, 0.15) is 0 Å². The van der Waals surface area contributed by atoms with Gasteiger partial charge in [-0.25, -0.2) is 9.59 Å². The zero-order valence-corrected chi connectivity index (χ0v) is 16.1. The van der Waals surface area contributed by atoms with Crippen LogP contribution < -0.4 is 5.32 Å². The fourth-order valence-electron chi connectivity index (χ4n) is 2.05. The van der Waals surface area contributed by atoms with Gasteiger partial charge in [-0.3, -0.25) is 9.59 Å². The first-order valence-electron chi connectivity index (χ1n) is 8.16. The van der Waals surface area contributed by atoms with Crippen molar-refractivity contribution in [3.8, 4) is 0 Å². The van der Waals surface area contributed by atoms with Crippen LogP contribution in [0.4, 0.5) is 0 Å². The highest BCUT2D eigenvalue weighted by molar-refractivity contribution is 6.18. The van der Waals surface area contributed by atoms with Gasteiger partial charge < -0.3 is 19.5 Å². The number of aryl methyl sites for hydroxylation is 1. The third kappa shape index (κ3) is 8.19. The van der Waals surface area contributed by atoms with E-state index in [1.165, 1.54) is 11.1 Å². The van der Waals surface area contributed by atoms with Crippen LogP contribution >= 0.6 is 11.6 Å². The van der Waals surface area contributed by atoms with Crippen molar-refractivity contribution in [2.75, 3.05) is 12.4 Å². The number of esters is 4. The highest BCUT2D eigenvalue weighted by atomic mass is 35.5. The summed E-state index contributed by atoms with van der Waals surface area (Å²) in [7, 11) is 0. The van der Waals surface area contributed by atoms with Crippen molar-refractivity contribution < 1.29 is 33.4 Å². The molecule has 1 fully saturated rings. The van der Waals surface area contributed by atoms with Crippen molar-refractivity contribution in [2.24, 2.45) is 0 Å².